The molecule has 0 atom stereocenters. The average molecular weight is 339 g/mol. The van der Waals surface area contributed by atoms with E-state index in [1.165, 1.54) is 49.0 Å². The second kappa shape index (κ2) is 4.33. The summed E-state index contributed by atoms with van der Waals surface area (Å²) in [5, 5.41) is 0. The first-order valence-electron chi connectivity index (χ1n) is 7.56. The predicted octanol–water partition coefficient (Wildman–Crippen LogP) is 5.79. The number of benzene rings is 2. The molecule has 3 aliphatic rings. The summed E-state index contributed by atoms with van der Waals surface area (Å²) in [6.45, 7) is 8.88. The van der Waals surface area contributed by atoms with Crippen LogP contribution in [-0.4, -0.2) is 0 Å². The van der Waals surface area contributed by atoms with Gasteiger partial charge in [-0.05, 0) is 72.2 Å². The molecule has 0 aromatic heterocycles. The van der Waals surface area contributed by atoms with Crippen molar-refractivity contribution in [3.05, 3.63) is 79.3 Å². The van der Waals surface area contributed by atoms with E-state index in [2.05, 4.69) is 74.0 Å². The molecule has 0 radical (unpaired) electrons. The zero-order chi connectivity index (χ0) is 14.9. The summed E-state index contributed by atoms with van der Waals surface area (Å²) in [4.78, 5) is 0. The molecule has 0 fully saturated rings. The minimum Gasteiger partial charge on any atom is -0.0615 e. The van der Waals surface area contributed by atoms with Crippen LogP contribution in [0.25, 0.3) is 0 Å². The number of aryl methyl sites for hydroxylation is 4. The van der Waals surface area contributed by atoms with E-state index in [0.29, 0.717) is 11.8 Å². The highest BCUT2D eigenvalue weighted by atomic mass is 79.9. The van der Waals surface area contributed by atoms with Gasteiger partial charge in [0, 0.05) is 16.3 Å². The van der Waals surface area contributed by atoms with Crippen molar-refractivity contribution >= 4 is 15.9 Å². The van der Waals surface area contributed by atoms with Gasteiger partial charge in [-0.3, -0.25) is 0 Å². The molecule has 0 N–H and O–H groups in total. The molecule has 0 aliphatic heterocycles. The molecule has 2 aromatic carbocycles. The summed E-state index contributed by atoms with van der Waals surface area (Å²) in [5.74, 6) is 0.798. The zero-order valence-corrected chi connectivity index (χ0v) is 14.5. The third kappa shape index (κ3) is 1.73. The van der Waals surface area contributed by atoms with Crippen LogP contribution in [0.3, 0.4) is 0 Å². The van der Waals surface area contributed by atoms with Crippen molar-refractivity contribution in [3.63, 3.8) is 0 Å². The second-order valence-electron chi connectivity index (χ2n) is 6.59. The fourth-order valence-corrected chi connectivity index (χ4v) is 4.59. The highest BCUT2D eigenvalue weighted by Gasteiger charge is 2.38. The van der Waals surface area contributed by atoms with Crippen molar-refractivity contribution in [2.75, 3.05) is 0 Å². The van der Waals surface area contributed by atoms with Crippen molar-refractivity contribution in [2.45, 2.75) is 39.5 Å². The summed E-state index contributed by atoms with van der Waals surface area (Å²) in [6, 6.07) is 9.59. The standard InChI is InChI=1S/C20H19Br/c1-10-5-14-16-9-19(21)20(17(14)7-12(10)3)18-8-13(4)11(2)6-15(16)18/h5-9,16,20H,1-4H3. The van der Waals surface area contributed by atoms with E-state index in [1.54, 1.807) is 0 Å². The van der Waals surface area contributed by atoms with Crippen molar-refractivity contribution in [2.24, 2.45) is 0 Å². The SMILES string of the molecule is Cc1cc2c(cc1C)C1C(Br)=CC2c2cc(C)c(C)cc21. The van der Waals surface area contributed by atoms with Crippen molar-refractivity contribution in [3.8, 4) is 0 Å². The molecule has 21 heavy (non-hydrogen) atoms. The Morgan fingerprint density at radius 1 is 0.667 bits per heavy atom. The normalized spacial score (nSPS) is 21.9. The van der Waals surface area contributed by atoms with Crippen LogP contribution < -0.4 is 0 Å². The van der Waals surface area contributed by atoms with E-state index >= 15 is 0 Å². The quantitative estimate of drug-likeness (QED) is 0.570. The first kappa shape index (κ1) is 13.3. The molecule has 106 valence electrons. The van der Waals surface area contributed by atoms with Crippen LogP contribution in [0.5, 0.6) is 0 Å². The summed E-state index contributed by atoms with van der Waals surface area (Å²) < 4.78 is 1.33. The summed E-state index contributed by atoms with van der Waals surface area (Å²) in [5.41, 5.74) is 11.6. The van der Waals surface area contributed by atoms with Crippen LogP contribution >= 0.6 is 15.9 Å². The molecule has 1 heteroatoms. The van der Waals surface area contributed by atoms with E-state index in [9.17, 15) is 0 Å². The minimum absolute atomic E-state index is 0.388. The lowest BCUT2D eigenvalue weighted by molar-refractivity contribution is 0.797. The number of hydrogen-bond acceptors (Lipinski definition) is 0. The fraction of sp³-hybridized carbons (Fsp3) is 0.300. The topological polar surface area (TPSA) is 0 Å². The van der Waals surface area contributed by atoms with Gasteiger partial charge in [0.1, 0.15) is 0 Å². The third-order valence-electron chi connectivity index (χ3n) is 5.29. The van der Waals surface area contributed by atoms with Gasteiger partial charge in [0.05, 0.1) is 0 Å². The van der Waals surface area contributed by atoms with Crippen LogP contribution in [0.4, 0.5) is 0 Å². The van der Waals surface area contributed by atoms with Crippen molar-refractivity contribution in [1.82, 2.24) is 0 Å². The summed E-state index contributed by atoms with van der Waals surface area (Å²) >= 11 is 3.83. The molecule has 0 amide bonds. The van der Waals surface area contributed by atoms with Crippen LogP contribution in [-0.2, 0) is 0 Å². The van der Waals surface area contributed by atoms with Gasteiger partial charge in [0.2, 0.25) is 0 Å². The van der Waals surface area contributed by atoms with Crippen molar-refractivity contribution < 1.29 is 0 Å². The van der Waals surface area contributed by atoms with E-state index < -0.39 is 0 Å². The maximum atomic E-state index is 3.83. The van der Waals surface area contributed by atoms with Crippen LogP contribution in [0.15, 0.2) is 34.8 Å². The van der Waals surface area contributed by atoms with E-state index in [0.717, 1.165) is 0 Å². The monoisotopic (exact) mass is 338 g/mol. The Balaban J connectivity index is 2.04. The maximum Gasteiger partial charge on any atom is 0.0409 e. The maximum absolute atomic E-state index is 3.83. The third-order valence-corrected chi connectivity index (χ3v) is 6.01. The van der Waals surface area contributed by atoms with E-state index in [4.69, 9.17) is 0 Å². The van der Waals surface area contributed by atoms with Gasteiger partial charge in [-0.2, -0.15) is 0 Å². The Labute approximate surface area is 135 Å². The smallest absolute Gasteiger partial charge is 0.0409 e. The van der Waals surface area contributed by atoms with Gasteiger partial charge in [-0.1, -0.05) is 46.3 Å². The molecule has 0 saturated carbocycles. The molecule has 3 aliphatic carbocycles. The number of allylic oxidation sites excluding steroid dienone is 2. The molecule has 0 spiro atoms. The molecule has 0 nitrogen and oxygen atoms in total. The Hall–Kier alpha value is -1.34. The number of halogens is 1. The summed E-state index contributed by atoms with van der Waals surface area (Å²) in [7, 11) is 0. The highest BCUT2D eigenvalue weighted by molar-refractivity contribution is 9.11. The van der Waals surface area contributed by atoms with Gasteiger partial charge < -0.3 is 0 Å². The molecule has 0 unspecified atom stereocenters. The average Bonchev–Trinajstić information content (AvgIpc) is 2.42. The minimum atomic E-state index is 0.388. The lowest BCUT2D eigenvalue weighted by Crippen LogP contribution is -2.23. The van der Waals surface area contributed by atoms with Gasteiger partial charge in [-0.15, -0.1) is 0 Å². The zero-order valence-electron chi connectivity index (χ0n) is 12.9. The molecule has 2 bridgehead atoms. The molecule has 0 saturated heterocycles. The Bertz CT molecular complexity index is 752. The number of hydrogen-bond donors (Lipinski definition) is 0. The molecule has 2 aromatic rings. The lowest BCUT2D eigenvalue weighted by Gasteiger charge is -2.39. The lowest BCUT2D eigenvalue weighted by atomic mass is 9.66. The Morgan fingerprint density at radius 3 is 1.48 bits per heavy atom. The van der Waals surface area contributed by atoms with E-state index in [-0.39, 0.29) is 0 Å². The van der Waals surface area contributed by atoms with Crippen LogP contribution in [0.1, 0.15) is 56.3 Å². The highest BCUT2D eigenvalue weighted by Crippen LogP contribution is 2.54. The van der Waals surface area contributed by atoms with Crippen LogP contribution in [0.2, 0.25) is 0 Å². The Morgan fingerprint density at radius 2 is 1.05 bits per heavy atom. The first-order chi connectivity index (χ1) is 9.97. The molecular weight excluding hydrogens is 320 g/mol. The van der Waals surface area contributed by atoms with Crippen LogP contribution in [0, 0.1) is 27.7 Å². The molecular formula is C20H19Br. The largest absolute Gasteiger partial charge is 0.0615 e. The van der Waals surface area contributed by atoms with Gasteiger partial charge >= 0.3 is 0 Å². The second-order valence-corrected chi connectivity index (χ2v) is 7.51. The van der Waals surface area contributed by atoms with Crippen molar-refractivity contribution in [1.29, 1.82) is 0 Å². The molecule has 0 heterocycles. The Kier molecular flexibility index (Phi) is 2.75. The number of rotatable bonds is 0. The first-order valence-corrected chi connectivity index (χ1v) is 8.36. The van der Waals surface area contributed by atoms with E-state index in [1.807, 2.05) is 0 Å². The fourth-order valence-electron chi connectivity index (χ4n) is 3.83. The predicted molar refractivity (Wildman–Crippen MR) is 92.5 cm³/mol. The summed E-state index contributed by atoms with van der Waals surface area (Å²) in [6.07, 6.45) is 2.40. The van der Waals surface area contributed by atoms with Gasteiger partial charge in [0.25, 0.3) is 0 Å². The molecule has 5 rings (SSSR count). The van der Waals surface area contributed by atoms with Gasteiger partial charge in [-0.25, -0.2) is 0 Å². The van der Waals surface area contributed by atoms with Gasteiger partial charge in [0.15, 0.2) is 0 Å².